The van der Waals surface area contributed by atoms with Gasteiger partial charge in [0.05, 0.1) is 13.2 Å². The van der Waals surface area contributed by atoms with Crippen molar-refractivity contribution in [3.05, 3.63) is 47.8 Å². The largest absolute Gasteiger partial charge is 0.493 e. The van der Waals surface area contributed by atoms with Gasteiger partial charge in [-0.3, -0.25) is 4.68 Å². The van der Waals surface area contributed by atoms with Gasteiger partial charge in [-0.05, 0) is 38.3 Å². The number of ether oxygens (including phenoxy) is 1. The quantitative estimate of drug-likeness (QED) is 0.938. The van der Waals surface area contributed by atoms with Gasteiger partial charge >= 0.3 is 0 Å². The predicted molar refractivity (Wildman–Crippen MR) is 83.5 cm³/mol. The molecule has 4 nitrogen and oxygen atoms in total. The minimum Gasteiger partial charge on any atom is -0.493 e. The lowest BCUT2D eigenvalue weighted by molar-refractivity contribution is 0.311. The molecule has 112 valence electrons. The van der Waals surface area contributed by atoms with E-state index >= 15 is 0 Å². The molecule has 2 aromatic rings. The van der Waals surface area contributed by atoms with Crippen LogP contribution in [0.25, 0.3) is 0 Å². The van der Waals surface area contributed by atoms with E-state index in [0.717, 1.165) is 31.7 Å². The molecule has 1 aliphatic rings. The number of fused-ring (bicyclic) bond motifs is 1. The minimum atomic E-state index is 0.355. The number of para-hydroxylation sites is 1. The fourth-order valence-corrected chi connectivity index (χ4v) is 3.02. The highest BCUT2D eigenvalue weighted by molar-refractivity contribution is 5.43. The average Bonchev–Trinajstić information content (AvgIpc) is 2.87. The summed E-state index contributed by atoms with van der Waals surface area (Å²) < 4.78 is 7.91. The van der Waals surface area contributed by atoms with Crippen molar-refractivity contribution in [3.8, 4) is 5.75 Å². The van der Waals surface area contributed by atoms with Gasteiger partial charge in [0.15, 0.2) is 0 Å². The van der Waals surface area contributed by atoms with Crippen molar-refractivity contribution in [1.82, 2.24) is 15.1 Å². The van der Waals surface area contributed by atoms with Crippen LogP contribution in [-0.2, 0) is 6.54 Å². The zero-order chi connectivity index (χ0) is 14.7. The molecule has 1 aromatic heterocycles. The molecule has 2 atom stereocenters. The molecular weight excluding hydrogens is 262 g/mol. The second-order valence-electron chi connectivity index (χ2n) is 5.83. The smallest absolute Gasteiger partial charge is 0.126 e. The minimum absolute atomic E-state index is 0.355. The molecule has 2 heterocycles. The van der Waals surface area contributed by atoms with Crippen LogP contribution in [0.15, 0.2) is 36.7 Å². The van der Waals surface area contributed by atoms with Gasteiger partial charge in [0.1, 0.15) is 5.75 Å². The summed E-state index contributed by atoms with van der Waals surface area (Å²) in [5, 5.41) is 8.02. The molecule has 2 unspecified atom stereocenters. The maximum absolute atomic E-state index is 5.94. The highest BCUT2D eigenvalue weighted by Crippen LogP contribution is 2.34. The van der Waals surface area contributed by atoms with Crippen LogP contribution in [-0.4, -0.2) is 22.4 Å². The number of aromatic nitrogens is 2. The SMILES string of the molecule is Cc1cccc2c1OCCCC2NC(C)Cn1cccn1. The third kappa shape index (κ3) is 3.27. The van der Waals surface area contributed by atoms with Crippen molar-refractivity contribution >= 4 is 0 Å². The fourth-order valence-electron chi connectivity index (χ4n) is 3.02. The Labute approximate surface area is 126 Å². The van der Waals surface area contributed by atoms with E-state index < -0.39 is 0 Å². The lowest BCUT2D eigenvalue weighted by Gasteiger charge is -2.23. The first kappa shape index (κ1) is 14.1. The molecule has 3 rings (SSSR count). The normalized spacial score (nSPS) is 19.4. The number of nitrogens with one attached hydrogen (secondary N) is 1. The van der Waals surface area contributed by atoms with Crippen molar-refractivity contribution in [2.45, 2.75) is 45.3 Å². The first-order valence-electron chi connectivity index (χ1n) is 7.70. The van der Waals surface area contributed by atoms with E-state index in [-0.39, 0.29) is 0 Å². The first-order chi connectivity index (χ1) is 10.2. The highest BCUT2D eigenvalue weighted by atomic mass is 16.5. The molecular formula is C17H23N3O. The Balaban J connectivity index is 1.74. The van der Waals surface area contributed by atoms with Crippen molar-refractivity contribution in [2.75, 3.05) is 6.61 Å². The highest BCUT2D eigenvalue weighted by Gasteiger charge is 2.22. The Hall–Kier alpha value is -1.81. The maximum atomic E-state index is 5.94. The topological polar surface area (TPSA) is 39.1 Å². The molecule has 1 aliphatic heterocycles. The summed E-state index contributed by atoms with van der Waals surface area (Å²) in [4.78, 5) is 0. The lowest BCUT2D eigenvalue weighted by Crippen LogP contribution is -2.34. The summed E-state index contributed by atoms with van der Waals surface area (Å²) in [5.74, 6) is 1.07. The van der Waals surface area contributed by atoms with Crippen molar-refractivity contribution in [1.29, 1.82) is 0 Å². The number of aryl methyl sites for hydroxylation is 1. The van der Waals surface area contributed by atoms with E-state index in [2.05, 4.69) is 42.5 Å². The van der Waals surface area contributed by atoms with E-state index in [1.165, 1.54) is 11.1 Å². The van der Waals surface area contributed by atoms with Crippen LogP contribution in [0, 0.1) is 6.92 Å². The number of nitrogens with zero attached hydrogens (tertiary/aromatic N) is 2. The molecule has 1 N–H and O–H groups in total. The molecule has 0 aliphatic carbocycles. The van der Waals surface area contributed by atoms with Crippen LogP contribution in [0.2, 0.25) is 0 Å². The molecule has 0 spiro atoms. The monoisotopic (exact) mass is 285 g/mol. The summed E-state index contributed by atoms with van der Waals surface area (Å²) in [7, 11) is 0. The van der Waals surface area contributed by atoms with Gasteiger partial charge in [-0.15, -0.1) is 0 Å². The molecule has 21 heavy (non-hydrogen) atoms. The van der Waals surface area contributed by atoms with Gasteiger partial charge in [0.2, 0.25) is 0 Å². The van der Waals surface area contributed by atoms with Crippen molar-refractivity contribution in [2.24, 2.45) is 0 Å². The molecule has 0 bridgehead atoms. The summed E-state index contributed by atoms with van der Waals surface area (Å²) in [6.45, 7) is 6.02. The third-order valence-electron chi connectivity index (χ3n) is 4.01. The second kappa shape index (κ2) is 6.31. The third-order valence-corrected chi connectivity index (χ3v) is 4.01. The van der Waals surface area contributed by atoms with Gasteiger partial charge in [0.25, 0.3) is 0 Å². The van der Waals surface area contributed by atoms with Gasteiger partial charge in [-0.1, -0.05) is 18.2 Å². The molecule has 0 saturated heterocycles. The van der Waals surface area contributed by atoms with Gasteiger partial charge < -0.3 is 10.1 Å². The number of hydrogen-bond donors (Lipinski definition) is 1. The average molecular weight is 285 g/mol. The zero-order valence-corrected chi connectivity index (χ0v) is 12.7. The predicted octanol–water partition coefficient (Wildman–Crippen LogP) is 3.08. The van der Waals surface area contributed by atoms with Crippen LogP contribution in [0.4, 0.5) is 0 Å². The Morgan fingerprint density at radius 3 is 3.14 bits per heavy atom. The van der Waals surface area contributed by atoms with Crippen LogP contribution < -0.4 is 10.1 Å². The lowest BCUT2D eigenvalue weighted by atomic mass is 9.99. The fraction of sp³-hybridized carbons (Fsp3) is 0.471. The Morgan fingerprint density at radius 1 is 1.43 bits per heavy atom. The summed E-state index contributed by atoms with van der Waals surface area (Å²) >= 11 is 0. The van der Waals surface area contributed by atoms with E-state index in [1.807, 2.05) is 23.1 Å². The molecule has 0 radical (unpaired) electrons. The van der Waals surface area contributed by atoms with Gasteiger partial charge in [0, 0.05) is 30.0 Å². The molecule has 0 fully saturated rings. The van der Waals surface area contributed by atoms with Gasteiger partial charge in [-0.25, -0.2) is 0 Å². The molecule has 0 amide bonds. The maximum Gasteiger partial charge on any atom is 0.126 e. The zero-order valence-electron chi connectivity index (χ0n) is 12.7. The summed E-state index contributed by atoms with van der Waals surface area (Å²) in [6, 6.07) is 9.11. The molecule has 4 heteroatoms. The second-order valence-corrected chi connectivity index (χ2v) is 5.83. The Morgan fingerprint density at radius 2 is 2.33 bits per heavy atom. The van der Waals surface area contributed by atoms with Gasteiger partial charge in [-0.2, -0.15) is 5.10 Å². The summed E-state index contributed by atoms with van der Waals surface area (Å²) in [6.07, 6.45) is 6.03. The number of benzene rings is 1. The van der Waals surface area contributed by atoms with E-state index in [0.29, 0.717) is 12.1 Å². The number of hydrogen-bond acceptors (Lipinski definition) is 3. The molecule has 0 saturated carbocycles. The van der Waals surface area contributed by atoms with Crippen LogP contribution in [0.3, 0.4) is 0 Å². The Kier molecular flexibility index (Phi) is 4.25. The Bertz CT molecular complexity index is 580. The standard InChI is InChI=1S/C17H23N3O/c1-13-6-3-7-15-16(8-4-11-21-17(13)15)19-14(2)12-20-10-5-9-18-20/h3,5-7,9-10,14,16,19H,4,8,11-12H2,1-2H3. The van der Waals surface area contributed by atoms with Crippen molar-refractivity contribution in [3.63, 3.8) is 0 Å². The molecule has 1 aromatic carbocycles. The summed E-state index contributed by atoms with van der Waals surface area (Å²) in [5.41, 5.74) is 2.51. The van der Waals surface area contributed by atoms with Crippen LogP contribution >= 0.6 is 0 Å². The first-order valence-corrected chi connectivity index (χ1v) is 7.70. The van der Waals surface area contributed by atoms with Crippen LogP contribution in [0.5, 0.6) is 5.75 Å². The van der Waals surface area contributed by atoms with E-state index in [1.54, 1.807) is 0 Å². The number of rotatable bonds is 4. The van der Waals surface area contributed by atoms with Crippen molar-refractivity contribution < 1.29 is 4.74 Å². The van der Waals surface area contributed by atoms with Crippen LogP contribution in [0.1, 0.15) is 36.9 Å². The van der Waals surface area contributed by atoms with E-state index in [4.69, 9.17) is 4.74 Å². The van der Waals surface area contributed by atoms with E-state index in [9.17, 15) is 0 Å².